The highest BCUT2D eigenvalue weighted by Gasteiger charge is 2.08. The number of hydrogen-bond donors (Lipinski definition) is 3. The van der Waals surface area contributed by atoms with Crippen molar-refractivity contribution in [3.8, 4) is 22.8 Å². The molecule has 0 unspecified atom stereocenters. The number of aromatic hydroxyl groups is 1. The second kappa shape index (κ2) is 10.1. The van der Waals surface area contributed by atoms with Crippen LogP contribution in [0.25, 0.3) is 11.3 Å². The minimum Gasteiger partial charge on any atom is -0.508 e. The van der Waals surface area contributed by atoms with E-state index in [1.165, 1.54) is 6.07 Å². The van der Waals surface area contributed by atoms with Crippen molar-refractivity contribution in [2.75, 3.05) is 12.0 Å². The Kier molecular flexibility index (Phi) is 7.00. The highest BCUT2D eigenvalue weighted by atomic mass is 16.5. The number of nitrogens with zero attached hydrogens (tertiary/aromatic N) is 2. The molecule has 1 aromatic heterocycles. The number of hydrazone groups is 1. The second-order valence-electron chi connectivity index (χ2n) is 6.54. The van der Waals surface area contributed by atoms with Gasteiger partial charge in [-0.15, -0.1) is 0 Å². The zero-order chi connectivity index (χ0) is 20.5. The number of H-pyrrole nitrogens is 1. The van der Waals surface area contributed by atoms with Crippen LogP contribution < -0.4 is 15.7 Å². The first kappa shape index (κ1) is 20.1. The van der Waals surface area contributed by atoms with Gasteiger partial charge in [-0.3, -0.25) is 10.2 Å². The van der Waals surface area contributed by atoms with Crippen molar-refractivity contribution in [2.24, 2.45) is 5.10 Å². The van der Waals surface area contributed by atoms with Crippen LogP contribution >= 0.6 is 0 Å². The first-order valence-electron chi connectivity index (χ1n) is 9.57. The van der Waals surface area contributed by atoms with E-state index in [2.05, 4.69) is 27.6 Å². The smallest absolute Gasteiger partial charge is 0.266 e. The summed E-state index contributed by atoms with van der Waals surface area (Å²) < 4.78 is 5.73. The maximum Gasteiger partial charge on any atom is 0.266 e. The van der Waals surface area contributed by atoms with E-state index in [4.69, 9.17) is 4.74 Å². The molecule has 0 aliphatic heterocycles. The fourth-order valence-electron chi connectivity index (χ4n) is 2.74. The van der Waals surface area contributed by atoms with E-state index in [9.17, 15) is 9.90 Å². The number of hydrogen-bond acceptors (Lipinski definition) is 6. The molecule has 150 valence electrons. The molecule has 0 bridgehead atoms. The van der Waals surface area contributed by atoms with Gasteiger partial charge in [0.25, 0.3) is 5.56 Å². The van der Waals surface area contributed by atoms with Crippen molar-refractivity contribution in [1.29, 1.82) is 0 Å². The van der Waals surface area contributed by atoms with Gasteiger partial charge in [0.15, 0.2) is 0 Å². The molecule has 0 radical (unpaired) electrons. The lowest BCUT2D eigenvalue weighted by Crippen LogP contribution is -2.10. The Morgan fingerprint density at radius 2 is 2.00 bits per heavy atom. The largest absolute Gasteiger partial charge is 0.508 e. The number of unbranched alkanes of at least 4 members (excludes halogenated alkanes) is 2. The summed E-state index contributed by atoms with van der Waals surface area (Å²) in [6.07, 6.45) is 4.89. The van der Waals surface area contributed by atoms with Crippen LogP contribution in [0.3, 0.4) is 0 Å². The third kappa shape index (κ3) is 5.93. The number of phenols is 1. The summed E-state index contributed by atoms with van der Waals surface area (Å²) in [6.45, 7) is 2.85. The third-order valence-electron chi connectivity index (χ3n) is 4.22. The van der Waals surface area contributed by atoms with E-state index in [1.54, 1.807) is 30.5 Å². The highest BCUT2D eigenvalue weighted by Crippen LogP contribution is 2.26. The molecule has 0 saturated heterocycles. The number of anilines is 1. The Labute approximate surface area is 169 Å². The van der Waals surface area contributed by atoms with Crippen molar-refractivity contribution in [3.05, 3.63) is 70.5 Å². The molecule has 1 heterocycles. The van der Waals surface area contributed by atoms with Gasteiger partial charge in [0.05, 0.1) is 18.5 Å². The number of aromatic amines is 1. The normalized spacial score (nSPS) is 10.9. The van der Waals surface area contributed by atoms with Gasteiger partial charge in [-0.05, 0) is 48.4 Å². The Bertz CT molecular complexity index is 1010. The second-order valence-corrected chi connectivity index (χ2v) is 6.54. The molecule has 0 amide bonds. The standard InChI is InChI=1S/C22H24N4O3/c1-2-3-4-12-29-19-10-8-17(9-11-19)22-20(14-21(28)25-26-22)24-23-15-16-6-5-7-18(27)13-16/h5-11,13-15,27H,2-4,12H2,1H3,(H2,24,25,28)/b23-15+. The zero-order valence-electron chi connectivity index (χ0n) is 16.3. The van der Waals surface area contributed by atoms with Crippen LogP contribution in [-0.2, 0) is 0 Å². The van der Waals surface area contributed by atoms with Crippen molar-refractivity contribution < 1.29 is 9.84 Å². The van der Waals surface area contributed by atoms with Crippen molar-refractivity contribution in [2.45, 2.75) is 26.2 Å². The Balaban J connectivity index is 1.73. The summed E-state index contributed by atoms with van der Waals surface area (Å²) in [5.41, 5.74) is 5.10. The molecule has 0 aliphatic carbocycles. The number of rotatable bonds is 9. The summed E-state index contributed by atoms with van der Waals surface area (Å²) in [4.78, 5) is 11.7. The van der Waals surface area contributed by atoms with Crippen LogP contribution in [0.15, 0.2) is 64.5 Å². The fourth-order valence-corrected chi connectivity index (χ4v) is 2.74. The first-order valence-corrected chi connectivity index (χ1v) is 9.57. The summed E-state index contributed by atoms with van der Waals surface area (Å²) in [7, 11) is 0. The predicted octanol–water partition coefficient (Wildman–Crippen LogP) is 4.16. The quantitative estimate of drug-likeness (QED) is 0.288. The average Bonchev–Trinajstić information content (AvgIpc) is 2.72. The first-order chi connectivity index (χ1) is 14.2. The molecule has 0 fully saturated rings. The van der Waals surface area contributed by atoms with Crippen LogP contribution in [0.5, 0.6) is 11.5 Å². The predicted molar refractivity (Wildman–Crippen MR) is 115 cm³/mol. The minimum atomic E-state index is -0.334. The number of benzene rings is 2. The molecular formula is C22H24N4O3. The SMILES string of the molecule is CCCCCOc1ccc(-c2n[nH]c(=O)cc2N/N=C/c2cccc(O)c2)cc1. The van der Waals surface area contributed by atoms with Gasteiger partial charge in [0.2, 0.25) is 0 Å². The lowest BCUT2D eigenvalue weighted by Gasteiger charge is -2.09. The topological polar surface area (TPSA) is 99.6 Å². The fraction of sp³-hybridized carbons (Fsp3) is 0.227. The van der Waals surface area contributed by atoms with Gasteiger partial charge in [-0.1, -0.05) is 31.9 Å². The van der Waals surface area contributed by atoms with Crippen LogP contribution in [0.1, 0.15) is 31.7 Å². The molecule has 0 aliphatic rings. The number of nitrogens with one attached hydrogen (secondary N) is 2. The van der Waals surface area contributed by atoms with Gasteiger partial charge in [0, 0.05) is 11.6 Å². The Morgan fingerprint density at radius 3 is 2.76 bits per heavy atom. The van der Waals surface area contributed by atoms with Crippen molar-refractivity contribution in [3.63, 3.8) is 0 Å². The number of ether oxygens (including phenoxy) is 1. The molecule has 3 rings (SSSR count). The van der Waals surface area contributed by atoms with E-state index in [0.29, 0.717) is 18.0 Å². The molecule has 7 nitrogen and oxygen atoms in total. The maximum absolute atomic E-state index is 11.7. The van der Waals surface area contributed by atoms with Gasteiger partial charge in [-0.2, -0.15) is 10.2 Å². The average molecular weight is 392 g/mol. The van der Waals surface area contributed by atoms with E-state index >= 15 is 0 Å². The van der Waals surface area contributed by atoms with E-state index in [-0.39, 0.29) is 11.3 Å². The Hall–Kier alpha value is -3.61. The molecule has 3 aromatic rings. The third-order valence-corrected chi connectivity index (χ3v) is 4.22. The van der Waals surface area contributed by atoms with E-state index < -0.39 is 0 Å². The lowest BCUT2D eigenvalue weighted by atomic mass is 10.1. The van der Waals surface area contributed by atoms with E-state index in [1.807, 2.05) is 24.3 Å². The minimum absolute atomic E-state index is 0.157. The monoisotopic (exact) mass is 392 g/mol. The summed E-state index contributed by atoms with van der Waals surface area (Å²) in [6, 6.07) is 15.6. The van der Waals surface area contributed by atoms with Gasteiger partial charge in [-0.25, -0.2) is 5.10 Å². The van der Waals surface area contributed by atoms with Crippen LogP contribution in [-0.4, -0.2) is 28.1 Å². The molecule has 3 N–H and O–H groups in total. The lowest BCUT2D eigenvalue weighted by molar-refractivity contribution is 0.306. The zero-order valence-corrected chi connectivity index (χ0v) is 16.3. The highest BCUT2D eigenvalue weighted by molar-refractivity contribution is 5.81. The van der Waals surface area contributed by atoms with Gasteiger partial charge >= 0.3 is 0 Å². The maximum atomic E-state index is 11.7. The number of aromatic nitrogens is 2. The van der Waals surface area contributed by atoms with Crippen LogP contribution in [0, 0.1) is 0 Å². The van der Waals surface area contributed by atoms with Crippen LogP contribution in [0.4, 0.5) is 5.69 Å². The molecular weight excluding hydrogens is 368 g/mol. The summed E-state index contributed by atoms with van der Waals surface area (Å²) in [5.74, 6) is 0.954. The molecule has 0 spiro atoms. The Morgan fingerprint density at radius 1 is 1.17 bits per heavy atom. The van der Waals surface area contributed by atoms with Crippen LogP contribution in [0.2, 0.25) is 0 Å². The van der Waals surface area contributed by atoms with Crippen molar-refractivity contribution >= 4 is 11.9 Å². The number of phenolic OH excluding ortho intramolecular Hbond substituents is 1. The van der Waals surface area contributed by atoms with Crippen molar-refractivity contribution in [1.82, 2.24) is 10.2 Å². The molecule has 2 aromatic carbocycles. The molecule has 0 atom stereocenters. The van der Waals surface area contributed by atoms with Gasteiger partial charge in [0.1, 0.15) is 17.2 Å². The molecule has 0 saturated carbocycles. The molecule has 29 heavy (non-hydrogen) atoms. The summed E-state index contributed by atoms with van der Waals surface area (Å²) >= 11 is 0. The van der Waals surface area contributed by atoms with Gasteiger partial charge < -0.3 is 9.84 Å². The van der Waals surface area contributed by atoms with E-state index in [0.717, 1.165) is 36.1 Å². The molecule has 7 heteroatoms. The summed E-state index contributed by atoms with van der Waals surface area (Å²) in [5, 5.41) is 20.3.